The quantitative estimate of drug-likeness (QED) is 0.454. The second kappa shape index (κ2) is 5.41. The normalized spacial score (nSPS) is 13.6. The van der Waals surface area contributed by atoms with Gasteiger partial charge in [-0.15, -0.1) is 6.58 Å². The topological polar surface area (TPSA) is 38.7 Å². The largest absolute Gasteiger partial charge is 0.388 e. The predicted octanol–water partition coefficient (Wildman–Crippen LogP) is 0.542. The number of ether oxygens (including phenoxy) is 2. The highest BCUT2D eigenvalue weighted by atomic mass is 16.7. The summed E-state index contributed by atoms with van der Waals surface area (Å²) in [6.07, 6.45) is 0.938. The molecule has 0 rings (SSSR count). The summed E-state index contributed by atoms with van der Waals surface area (Å²) in [6.45, 7) is 3.48. The Morgan fingerprint density at radius 1 is 1.50 bits per heavy atom. The van der Waals surface area contributed by atoms with Crippen LogP contribution in [0.4, 0.5) is 0 Å². The number of aliphatic hydroxyl groups excluding tert-OH is 1. The van der Waals surface area contributed by atoms with Crippen molar-refractivity contribution in [3.8, 4) is 0 Å². The molecule has 0 bridgehead atoms. The van der Waals surface area contributed by atoms with E-state index in [0.29, 0.717) is 6.42 Å². The van der Waals surface area contributed by atoms with Crippen LogP contribution in [-0.4, -0.2) is 31.7 Å². The monoisotopic (exact) mass is 146 g/mol. The van der Waals surface area contributed by atoms with Crippen LogP contribution in [0.5, 0.6) is 0 Å². The van der Waals surface area contributed by atoms with Gasteiger partial charge in [-0.3, -0.25) is 0 Å². The van der Waals surface area contributed by atoms with Crippen LogP contribution in [0.2, 0.25) is 0 Å². The molecule has 1 N–H and O–H groups in total. The highest BCUT2D eigenvalue weighted by Gasteiger charge is 2.15. The van der Waals surface area contributed by atoms with Gasteiger partial charge in [-0.05, 0) is 6.42 Å². The zero-order valence-electron chi connectivity index (χ0n) is 6.41. The minimum atomic E-state index is -0.618. The molecule has 0 heterocycles. The second-order valence-corrected chi connectivity index (χ2v) is 1.93. The van der Waals surface area contributed by atoms with E-state index in [2.05, 4.69) is 6.58 Å². The summed E-state index contributed by atoms with van der Waals surface area (Å²) in [7, 11) is 2.97. The van der Waals surface area contributed by atoms with Crippen molar-refractivity contribution in [3.05, 3.63) is 12.7 Å². The molecule has 3 nitrogen and oxygen atoms in total. The molecular weight excluding hydrogens is 132 g/mol. The van der Waals surface area contributed by atoms with E-state index in [1.165, 1.54) is 14.2 Å². The first-order valence-corrected chi connectivity index (χ1v) is 3.10. The Balaban J connectivity index is 3.63. The first-order chi connectivity index (χ1) is 4.76. The van der Waals surface area contributed by atoms with Gasteiger partial charge in [-0.25, -0.2) is 0 Å². The van der Waals surface area contributed by atoms with Crippen LogP contribution in [-0.2, 0) is 9.47 Å². The Hall–Kier alpha value is -0.380. The number of aliphatic hydroxyl groups is 1. The minimum absolute atomic E-state index is 0.479. The Morgan fingerprint density at radius 2 is 2.00 bits per heavy atom. The zero-order chi connectivity index (χ0) is 7.98. The molecule has 0 spiro atoms. The van der Waals surface area contributed by atoms with Gasteiger partial charge in [0.15, 0.2) is 6.29 Å². The summed E-state index contributed by atoms with van der Waals surface area (Å²) in [5.74, 6) is 0. The third-order valence-electron chi connectivity index (χ3n) is 1.19. The van der Waals surface area contributed by atoms with E-state index in [-0.39, 0.29) is 0 Å². The highest BCUT2D eigenvalue weighted by Crippen LogP contribution is 2.03. The van der Waals surface area contributed by atoms with Crippen LogP contribution >= 0.6 is 0 Å². The van der Waals surface area contributed by atoms with Crippen LogP contribution in [0.15, 0.2) is 12.7 Å². The lowest BCUT2D eigenvalue weighted by Crippen LogP contribution is -2.28. The Morgan fingerprint density at radius 3 is 2.30 bits per heavy atom. The van der Waals surface area contributed by atoms with Crippen molar-refractivity contribution in [2.75, 3.05) is 14.2 Å². The summed E-state index contributed by atoms with van der Waals surface area (Å²) in [6, 6.07) is 0. The number of hydrogen-bond acceptors (Lipinski definition) is 3. The maximum absolute atomic E-state index is 9.19. The first kappa shape index (κ1) is 9.62. The molecule has 0 aromatic carbocycles. The first-order valence-electron chi connectivity index (χ1n) is 3.10. The molecule has 1 atom stereocenters. The predicted molar refractivity (Wildman–Crippen MR) is 38.6 cm³/mol. The van der Waals surface area contributed by atoms with E-state index in [4.69, 9.17) is 9.47 Å². The van der Waals surface area contributed by atoms with E-state index in [1.54, 1.807) is 6.08 Å². The Kier molecular flexibility index (Phi) is 5.20. The molecule has 0 saturated heterocycles. The van der Waals surface area contributed by atoms with Gasteiger partial charge in [0.25, 0.3) is 0 Å². The van der Waals surface area contributed by atoms with Gasteiger partial charge in [0.1, 0.15) is 6.10 Å². The molecule has 0 fully saturated rings. The summed E-state index contributed by atoms with van der Waals surface area (Å²) in [5, 5.41) is 9.19. The van der Waals surface area contributed by atoms with Gasteiger partial charge in [0.2, 0.25) is 0 Å². The average molecular weight is 146 g/mol. The molecule has 10 heavy (non-hydrogen) atoms. The number of rotatable bonds is 5. The number of hydrogen-bond donors (Lipinski definition) is 1. The standard InChI is InChI=1S/C7H14O3/c1-4-5-6(8)7(9-2)10-3/h4,6-8H,1,5H2,2-3H3/t6-/m1/s1. The van der Waals surface area contributed by atoms with E-state index in [9.17, 15) is 5.11 Å². The molecule has 0 amide bonds. The Bertz CT molecular complexity index is 88.9. The van der Waals surface area contributed by atoms with Crippen molar-refractivity contribution < 1.29 is 14.6 Å². The summed E-state index contributed by atoms with van der Waals surface area (Å²) in [4.78, 5) is 0. The van der Waals surface area contributed by atoms with Gasteiger partial charge in [0, 0.05) is 14.2 Å². The van der Waals surface area contributed by atoms with Crippen molar-refractivity contribution in [1.82, 2.24) is 0 Å². The molecule has 0 unspecified atom stereocenters. The van der Waals surface area contributed by atoms with Gasteiger partial charge >= 0.3 is 0 Å². The van der Waals surface area contributed by atoms with Crippen molar-refractivity contribution in [3.63, 3.8) is 0 Å². The van der Waals surface area contributed by atoms with Crippen molar-refractivity contribution in [2.24, 2.45) is 0 Å². The highest BCUT2D eigenvalue weighted by molar-refractivity contribution is 4.73. The molecule has 0 aliphatic rings. The van der Waals surface area contributed by atoms with Crippen molar-refractivity contribution in [1.29, 1.82) is 0 Å². The fraction of sp³-hybridized carbons (Fsp3) is 0.714. The van der Waals surface area contributed by atoms with Crippen LogP contribution in [0.25, 0.3) is 0 Å². The van der Waals surface area contributed by atoms with Crippen molar-refractivity contribution >= 4 is 0 Å². The smallest absolute Gasteiger partial charge is 0.183 e. The van der Waals surface area contributed by atoms with E-state index in [1.807, 2.05) is 0 Å². The molecule has 0 aliphatic carbocycles. The van der Waals surface area contributed by atoms with Crippen LogP contribution in [0.1, 0.15) is 6.42 Å². The number of methoxy groups -OCH3 is 2. The maximum Gasteiger partial charge on any atom is 0.183 e. The van der Waals surface area contributed by atoms with Crippen molar-refractivity contribution in [2.45, 2.75) is 18.8 Å². The van der Waals surface area contributed by atoms with Gasteiger partial charge in [0.05, 0.1) is 0 Å². The lowest BCUT2D eigenvalue weighted by Gasteiger charge is -2.17. The van der Waals surface area contributed by atoms with E-state index >= 15 is 0 Å². The average Bonchev–Trinajstić information content (AvgIpc) is 1.91. The van der Waals surface area contributed by atoms with E-state index in [0.717, 1.165) is 0 Å². The minimum Gasteiger partial charge on any atom is -0.388 e. The molecular formula is C7H14O3. The van der Waals surface area contributed by atoms with Crippen LogP contribution in [0.3, 0.4) is 0 Å². The fourth-order valence-electron chi connectivity index (χ4n) is 0.692. The molecule has 0 aliphatic heterocycles. The summed E-state index contributed by atoms with van der Waals surface area (Å²) >= 11 is 0. The summed E-state index contributed by atoms with van der Waals surface area (Å²) < 4.78 is 9.59. The van der Waals surface area contributed by atoms with Crippen LogP contribution < -0.4 is 0 Å². The molecule has 0 saturated carbocycles. The van der Waals surface area contributed by atoms with Gasteiger partial charge < -0.3 is 14.6 Å². The lowest BCUT2D eigenvalue weighted by molar-refractivity contribution is -0.162. The molecule has 60 valence electrons. The third-order valence-corrected chi connectivity index (χ3v) is 1.19. The Labute approximate surface area is 61.3 Å². The maximum atomic E-state index is 9.19. The SMILES string of the molecule is C=CC[C@@H](O)C(OC)OC. The zero-order valence-corrected chi connectivity index (χ0v) is 6.41. The lowest BCUT2D eigenvalue weighted by atomic mass is 10.2. The van der Waals surface area contributed by atoms with E-state index < -0.39 is 12.4 Å². The summed E-state index contributed by atoms with van der Waals surface area (Å²) in [5.41, 5.74) is 0. The molecule has 3 heteroatoms. The molecule has 0 aromatic rings. The van der Waals surface area contributed by atoms with Crippen LogP contribution in [0, 0.1) is 0 Å². The third kappa shape index (κ3) is 2.96. The molecule has 0 aromatic heterocycles. The molecule has 0 radical (unpaired) electrons. The fourth-order valence-corrected chi connectivity index (χ4v) is 0.692. The van der Waals surface area contributed by atoms with Gasteiger partial charge in [-0.1, -0.05) is 6.08 Å². The van der Waals surface area contributed by atoms with Gasteiger partial charge in [-0.2, -0.15) is 0 Å². The second-order valence-electron chi connectivity index (χ2n) is 1.93.